The van der Waals surface area contributed by atoms with Crippen molar-refractivity contribution in [1.82, 2.24) is 15.2 Å². The molecule has 6 nitrogen and oxygen atoms in total. The number of aryl methyl sites for hydroxylation is 1. The number of fused-ring (bicyclic) bond motifs is 2. The second-order valence-electron chi connectivity index (χ2n) is 9.90. The molecule has 0 bridgehead atoms. The van der Waals surface area contributed by atoms with E-state index in [1.807, 2.05) is 67.4 Å². The van der Waals surface area contributed by atoms with Crippen LogP contribution >= 0.6 is 0 Å². The summed E-state index contributed by atoms with van der Waals surface area (Å²) in [4.78, 5) is 32.0. The Bertz CT molecular complexity index is 1230. The van der Waals surface area contributed by atoms with E-state index in [0.29, 0.717) is 26.1 Å². The fraction of sp³-hybridized carbons (Fsp3) is 0.367. The van der Waals surface area contributed by atoms with Crippen molar-refractivity contribution in [2.24, 2.45) is 0 Å². The standard InChI is InChI=1S/C30H33N3O3/c1-3-26(34)32-27-24-11-4-5-12-25(24)30(28(27)36-20-22-9-7-15-31-19-22)13-16-33(17-14-30)29(35)23-10-6-8-21(2)18-23/h4-12,15,18-19,27-28H,3,13-14,16-17,20H2,1-2H3,(H,32,34)/t27-,28+/m1/s1. The fourth-order valence-electron chi connectivity index (χ4n) is 5.83. The van der Waals surface area contributed by atoms with Gasteiger partial charge in [0.2, 0.25) is 5.91 Å². The maximum Gasteiger partial charge on any atom is 0.253 e. The molecule has 1 spiro atoms. The third kappa shape index (κ3) is 4.53. The number of nitrogens with zero attached hydrogens (tertiary/aromatic N) is 2. The van der Waals surface area contributed by atoms with E-state index in [1.165, 1.54) is 5.56 Å². The lowest BCUT2D eigenvalue weighted by atomic mass is 9.71. The van der Waals surface area contributed by atoms with Gasteiger partial charge in [-0.2, -0.15) is 0 Å². The molecule has 5 rings (SSSR count). The Morgan fingerprint density at radius 1 is 1.08 bits per heavy atom. The van der Waals surface area contributed by atoms with E-state index in [4.69, 9.17) is 4.74 Å². The van der Waals surface area contributed by atoms with Crippen LogP contribution in [0.1, 0.15) is 64.8 Å². The Balaban J connectivity index is 1.44. The molecule has 0 radical (unpaired) electrons. The lowest BCUT2D eigenvalue weighted by Crippen LogP contribution is -2.52. The second kappa shape index (κ2) is 10.2. The molecular weight excluding hydrogens is 450 g/mol. The number of aromatic nitrogens is 1. The van der Waals surface area contributed by atoms with Gasteiger partial charge in [-0.15, -0.1) is 0 Å². The molecule has 1 aromatic heterocycles. The minimum Gasteiger partial charge on any atom is -0.370 e. The molecule has 2 aromatic carbocycles. The average molecular weight is 484 g/mol. The van der Waals surface area contributed by atoms with Gasteiger partial charge in [-0.05, 0) is 54.7 Å². The number of hydrogen-bond donors (Lipinski definition) is 1. The van der Waals surface area contributed by atoms with E-state index in [-0.39, 0.29) is 29.4 Å². The molecule has 2 amide bonds. The maximum absolute atomic E-state index is 13.3. The first-order valence-electron chi connectivity index (χ1n) is 12.8. The third-order valence-corrected chi connectivity index (χ3v) is 7.68. The van der Waals surface area contributed by atoms with E-state index in [1.54, 1.807) is 6.20 Å². The van der Waals surface area contributed by atoms with Gasteiger partial charge in [-0.25, -0.2) is 0 Å². The van der Waals surface area contributed by atoms with Crippen molar-refractivity contribution in [2.75, 3.05) is 13.1 Å². The van der Waals surface area contributed by atoms with E-state index >= 15 is 0 Å². The Labute approximate surface area is 212 Å². The Morgan fingerprint density at radius 3 is 2.61 bits per heavy atom. The largest absolute Gasteiger partial charge is 0.370 e. The van der Waals surface area contributed by atoms with Crippen LogP contribution in [0, 0.1) is 6.92 Å². The summed E-state index contributed by atoms with van der Waals surface area (Å²) in [5.41, 5.74) is 4.87. The third-order valence-electron chi connectivity index (χ3n) is 7.68. The molecule has 1 saturated heterocycles. The van der Waals surface area contributed by atoms with Gasteiger partial charge in [-0.3, -0.25) is 14.6 Å². The zero-order chi connectivity index (χ0) is 25.1. The number of nitrogens with one attached hydrogen (secondary N) is 1. The Hall–Kier alpha value is -3.51. The summed E-state index contributed by atoms with van der Waals surface area (Å²) in [5, 5.41) is 3.25. The van der Waals surface area contributed by atoms with Crippen LogP contribution in [0.2, 0.25) is 0 Å². The summed E-state index contributed by atoms with van der Waals surface area (Å²) < 4.78 is 6.66. The number of carbonyl (C=O) groups excluding carboxylic acids is 2. The average Bonchev–Trinajstić information content (AvgIpc) is 3.16. The van der Waals surface area contributed by atoms with Crippen LogP contribution in [0.5, 0.6) is 0 Å². The Kier molecular flexibility index (Phi) is 6.88. The first kappa shape index (κ1) is 24.2. The van der Waals surface area contributed by atoms with Gasteiger partial charge < -0.3 is 15.0 Å². The second-order valence-corrected chi connectivity index (χ2v) is 9.90. The van der Waals surface area contributed by atoms with Crippen LogP contribution in [0.4, 0.5) is 0 Å². The number of carbonyl (C=O) groups is 2. The zero-order valence-corrected chi connectivity index (χ0v) is 20.9. The van der Waals surface area contributed by atoms with Crippen molar-refractivity contribution >= 4 is 11.8 Å². The molecule has 1 aliphatic carbocycles. The fourth-order valence-corrected chi connectivity index (χ4v) is 5.83. The number of hydrogen-bond acceptors (Lipinski definition) is 4. The smallest absolute Gasteiger partial charge is 0.253 e. The molecule has 6 heteroatoms. The summed E-state index contributed by atoms with van der Waals surface area (Å²) in [6.45, 7) is 5.57. The van der Waals surface area contributed by atoms with E-state index in [9.17, 15) is 9.59 Å². The molecule has 2 atom stereocenters. The van der Waals surface area contributed by atoms with E-state index in [0.717, 1.165) is 35.1 Å². The summed E-state index contributed by atoms with van der Waals surface area (Å²) in [6.07, 6.45) is 5.30. The lowest BCUT2D eigenvalue weighted by molar-refractivity contribution is -0.123. The summed E-state index contributed by atoms with van der Waals surface area (Å²) in [6, 6.07) is 19.8. The summed E-state index contributed by atoms with van der Waals surface area (Å²) in [5.74, 6) is 0.0809. The molecule has 2 aliphatic rings. The first-order chi connectivity index (χ1) is 17.5. The quantitative estimate of drug-likeness (QED) is 0.550. The Morgan fingerprint density at radius 2 is 1.89 bits per heavy atom. The summed E-state index contributed by atoms with van der Waals surface area (Å²) >= 11 is 0. The van der Waals surface area contributed by atoms with E-state index < -0.39 is 0 Å². The molecular formula is C30H33N3O3. The predicted octanol–water partition coefficient (Wildman–Crippen LogP) is 4.73. The van der Waals surface area contributed by atoms with Gasteiger partial charge in [0, 0.05) is 42.9 Å². The van der Waals surface area contributed by atoms with Crippen LogP contribution in [0.25, 0.3) is 0 Å². The number of amides is 2. The van der Waals surface area contributed by atoms with Crippen LogP contribution in [-0.2, 0) is 21.6 Å². The van der Waals surface area contributed by atoms with Gasteiger partial charge in [0.15, 0.2) is 0 Å². The number of ether oxygens (including phenoxy) is 1. The molecule has 0 saturated carbocycles. The van der Waals surface area contributed by atoms with Gasteiger partial charge in [-0.1, -0.05) is 55.0 Å². The molecule has 1 N–H and O–H groups in total. The molecule has 36 heavy (non-hydrogen) atoms. The van der Waals surface area contributed by atoms with Crippen LogP contribution in [0.15, 0.2) is 73.1 Å². The van der Waals surface area contributed by atoms with Crippen molar-refractivity contribution in [1.29, 1.82) is 0 Å². The van der Waals surface area contributed by atoms with Crippen molar-refractivity contribution in [3.63, 3.8) is 0 Å². The van der Waals surface area contributed by atoms with Crippen molar-refractivity contribution < 1.29 is 14.3 Å². The zero-order valence-electron chi connectivity index (χ0n) is 20.9. The van der Waals surface area contributed by atoms with Crippen molar-refractivity contribution in [3.05, 3.63) is 101 Å². The molecule has 2 heterocycles. The van der Waals surface area contributed by atoms with Crippen molar-refractivity contribution in [2.45, 2.75) is 57.3 Å². The van der Waals surface area contributed by atoms with Gasteiger partial charge in [0.1, 0.15) is 0 Å². The molecule has 3 aromatic rings. The highest BCUT2D eigenvalue weighted by atomic mass is 16.5. The van der Waals surface area contributed by atoms with Crippen LogP contribution in [-0.4, -0.2) is 40.9 Å². The van der Waals surface area contributed by atoms with E-state index in [2.05, 4.69) is 28.5 Å². The highest BCUT2D eigenvalue weighted by Crippen LogP contribution is 2.52. The van der Waals surface area contributed by atoms with Gasteiger partial charge in [0.05, 0.1) is 18.8 Å². The minimum atomic E-state index is -0.284. The highest BCUT2D eigenvalue weighted by Gasteiger charge is 2.54. The first-order valence-corrected chi connectivity index (χ1v) is 12.8. The minimum absolute atomic E-state index is 0.00823. The number of pyridine rings is 1. The lowest BCUT2D eigenvalue weighted by Gasteiger charge is -2.44. The van der Waals surface area contributed by atoms with Gasteiger partial charge in [0.25, 0.3) is 5.91 Å². The van der Waals surface area contributed by atoms with Crippen molar-refractivity contribution in [3.8, 4) is 0 Å². The summed E-state index contributed by atoms with van der Waals surface area (Å²) in [7, 11) is 0. The maximum atomic E-state index is 13.3. The monoisotopic (exact) mass is 483 g/mol. The SMILES string of the molecule is CCC(=O)N[C@@H]1c2ccccc2C2(CCN(C(=O)c3cccc(C)c3)CC2)[C@H]1OCc1cccnc1. The van der Waals surface area contributed by atoms with Crippen LogP contribution < -0.4 is 5.32 Å². The molecule has 0 unspecified atom stereocenters. The van der Waals surface area contributed by atoms with Crippen LogP contribution in [0.3, 0.4) is 0 Å². The number of piperidine rings is 1. The number of rotatable bonds is 6. The van der Waals surface area contributed by atoms with Gasteiger partial charge >= 0.3 is 0 Å². The number of benzene rings is 2. The molecule has 1 fully saturated rings. The molecule has 1 aliphatic heterocycles. The predicted molar refractivity (Wildman–Crippen MR) is 138 cm³/mol. The topological polar surface area (TPSA) is 71.5 Å². The number of likely N-dealkylation sites (tertiary alicyclic amines) is 1. The normalized spacial score (nSPS) is 20.2. The highest BCUT2D eigenvalue weighted by molar-refractivity contribution is 5.94. The molecule has 186 valence electrons.